The molecule has 0 fully saturated rings. The number of allylic oxidation sites excluding steroid dienone is 1. The first-order chi connectivity index (χ1) is 13.2. The highest BCUT2D eigenvalue weighted by atomic mass is 35.5. The van der Waals surface area contributed by atoms with Crippen LogP contribution in [0.2, 0.25) is 5.02 Å². The molecule has 3 rings (SSSR count). The van der Waals surface area contributed by atoms with Crippen LogP contribution in [0.25, 0.3) is 0 Å². The normalized spacial score (nSPS) is 19.2. The SMILES string of the molecule is COC(=O)C1=C(C)NC(c2ncc(F)cc2F)=NC1(C)c1ccc(F)c(Cl)c1. The zero-order chi connectivity index (χ0) is 20.6. The Morgan fingerprint density at radius 3 is 2.54 bits per heavy atom. The van der Waals surface area contributed by atoms with Gasteiger partial charge in [0.25, 0.3) is 0 Å². The number of nitrogens with zero attached hydrogens (tertiary/aromatic N) is 2. The van der Waals surface area contributed by atoms with Crippen molar-refractivity contribution in [2.24, 2.45) is 4.99 Å². The van der Waals surface area contributed by atoms with Gasteiger partial charge in [-0.1, -0.05) is 17.7 Å². The fourth-order valence-corrected chi connectivity index (χ4v) is 3.26. The first-order valence-electron chi connectivity index (χ1n) is 8.11. The second-order valence-electron chi connectivity index (χ2n) is 6.26. The minimum Gasteiger partial charge on any atom is -0.466 e. The molecule has 0 radical (unpaired) electrons. The van der Waals surface area contributed by atoms with E-state index >= 15 is 0 Å². The van der Waals surface area contributed by atoms with Crippen LogP contribution >= 0.6 is 11.6 Å². The Labute approximate surface area is 163 Å². The van der Waals surface area contributed by atoms with Crippen LogP contribution in [0.4, 0.5) is 13.2 Å². The third-order valence-corrected chi connectivity index (χ3v) is 4.70. The van der Waals surface area contributed by atoms with Crippen molar-refractivity contribution in [2.75, 3.05) is 7.11 Å². The smallest absolute Gasteiger partial charge is 0.338 e. The van der Waals surface area contributed by atoms with Crippen LogP contribution in [-0.2, 0) is 15.1 Å². The molecule has 0 bridgehead atoms. The van der Waals surface area contributed by atoms with Gasteiger partial charge in [-0.3, -0.25) is 0 Å². The number of pyridine rings is 1. The molecule has 1 atom stereocenters. The third-order valence-electron chi connectivity index (χ3n) is 4.41. The van der Waals surface area contributed by atoms with E-state index in [4.69, 9.17) is 16.3 Å². The number of esters is 1. The first kappa shape index (κ1) is 19.9. The monoisotopic (exact) mass is 409 g/mol. The lowest BCUT2D eigenvalue weighted by atomic mass is 9.82. The number of ether oxygens (including phenoxy) is 1. The lowest BCUT2D eigenvalue weighted by Gasteiger charge is -2.34. The van der Waals surface area contributed by atoms with Gasteiger partial charge >= 0.3 is 5.97 Å². The Bertz CT molecular complexity index is 1040. The number of amidine groups is 1. The molecule has 1 aromatic carbocycles. The summed E-state index contributed by atoms with van der Waals surface area (Å²) < 4.78 is 46.0. The number of nitrogens with one attached hydrogen (secondary N) is 1. The molecule has 0 aliphatic carbocycles. The van der Waals surface area contributed by atoms with Gasteiger partial charge in [0, 0.05) is 11.8 Å². The molecule has 0 saturated heterocycles. The molecule has 1 aromatic heterocycles. The summed E-state index contributed by atoms with van der Waals surface area (Å²) in [5.74, 6) is -3.11. The average Bonchev–Trinajstić information content (AvgIpc) is 2.63. The van der Waals surface area contributed by atoms with E-state index in [1.54, 1.807) is 13.8 Å². The summed E-state index contributed by atoms with van der Waals surface area (Å²) in [6.07, 6.45) is 0.851. The Morgan fingerprint density at radius 1 is 1.21 bits per heavy atom. The topological polar surface area (TPSA) is 63.6 Å². The average molecular weight is 410 g/mol. The molecule has 28 heavy (non-hydrogen) atoms. The number of aliphatic imine (C=N–C) groups is 1. The van der Waals surface area contributed by atoms with Crippen LogP contribution in [0.1, 0.15) is 25.1 Å². The van der Waals surface area contributed by atoms with Gasteiger partial charge in [-0.2, -0.15) is 0 Å². The lowest BCUT2D eigenvalue weighted by molar-refractivity contribution is -0.137. The number of hydrogen-bond donors (Lipinski definition) is 1. The summed E-state index contributed by atoms with van der Waals surface area (Å²) in [4.78, 5) is 20.6. The highest BCUT2D eigenvalue weighted by Gasteiger charge is 2.41. The standard InChI is InChI=1S/C19H15ClF3N3O2/c1-9-15(18(27)28-3)19(2,10-4-5-13(22)12(20)6-10)26-17(25-9)16-14(23)7-11(21)8-24-16/h4-8H,1-3H3,(H,25,26). The predicted molar refractivity (Wildman–Crippen MR) is 97.3 cm³/mol. The number of methoxy groups -OCH3 is 1. The van der Waals surface area contributed by atoms with E-state index in [2.05, 4.69) is 15.3 Å². The fourth-order valence-electron chi connectivity index (χ4n) is 3.08. The van der Waals surface area contributed by atoms with Gasteiger partial charge in [0.2, 0.25) is 0 Å². The Morgan fingerprint density at radius 2 is 1.93 bits per heavy atom. The number of halogens is 4. The molecule has 1 N–H and O–H groups in total. The maximum Gasteiger partial charge on any atom is 0.338 e. The highest BCUT2D eigenvalue weighted by molar-refractivity contribution is 6.30. The number of benzene rings is 1. The number of carbonyl (C=O) groups excluding carboxylic acids is 1. The molecule has 0 spiro atoms. The van der Waals surface area contributed by atoms with Crippen LogP contribution in [0.3, 0.4) is 0 Å². The summed E-state index contributed by atoms with van der Waals surface area (Å²) in [5, 5.41) is 2.64. The molecule has 5 nitrogen and oxygen atoms in total. The second kappa shape index (κ2) is 7.27. The van der Waals surface area contributed by atoms with Crippen LogP contribution in [0, 0.1) is 17.5 Å². The number of rotatable bonds is 3. The molecular formula is C19H15ClF3N3O2. The second-order valence-corrected chi connectivity index (χ2v) is 6.67. The number of aromatic nitrogens is 1. The van der Waals surface area contributed by atoms with Crippen molar-refractivity contribution in [3.05, 3.63) is 75.5 Å². The fraction of sp³-hybridized carbons (Fsp3) is 0.211. The van der Waals surface area contributed by atoms with Gasteiger partial charge in [0.15, 0.2) is 11.7 Å². The largest absolute Gasteiger partial charge is 0.466 e. The van der Waals surface area contributed by atoms with E-state index in [0.29, 0.717) is 17.3 Å². The van der Waals surface area contributed by atoms with Crippen molar-refractivity contribution >= 4 is 23.4 Å². The Kier molecular flexibility index (Phi) is 5.16. The first-order valence-corrected chi connectivity index (χ1v) is 8.48. The van der Waals surface area contributed by atoms with E-state index < -0.39 is 29.0 Å². The van der Waals surface area contributed by atoms with Crippen LogP contribution < -0.4 is 5.32 Å². The van der Waals surface area contributed by atoms with Gasteiger partial charge in [0.05, 0.1) is 23.9 Å². The third kappa shape index (κ3) is 3.35. The summed E-state index contributed by atoms with van der Waals surface area (Å²) in [7, 11) is 1.21. The minimum atomic E-state index is -1.39. The lowest BCUT2D eigenvalue weighted by Crippen LogP contribution is -2.41. The highest BCUT2D eigenvalue weighted by Crippen LogP contribution is 2.39. The quantitative estimate of drug-likeness (QED) is 0.782. The summed E-state index contributed by atoms with van der Waals surface area (Å²) >= 11 is 5.90. The molecule has 1 aliphatic heterocycles. The van der Waals surface area contributed by atoms with Crippen molar-refractivity contribution in [2.45, 2.75) is 19.4 Å². The van der Waals surface area contributed by atoms with Gasteiger partial charge in [-0.25, -0.2) is 27.9 Å². The molecule has 2 heterocycles. The van der Waals surface area contributed by atoms with Gasteiger partial charge < -0.3 is 10.1 Å². The summed E-state index contributed by atoms with van der Waals surface area (Å²) in [6.45, 7) is 3.15. The summed E-state index contributed by atoms with van der Waals surface area (Å²) in [5.41, 5.74) is -0.795. The van der Waals surface area contributed by atoms with E-state index in [1.165, 1.54) is 19.2 Å². The minimum absolute atomic E-state index is 0.0226. The van der Waals surface area contributed by atoms with Crippen molar-refractivity contribution < 1.29 is 22.7 Å². The zero-order valence-corrected chi connectivity index (χ0v) is 15.9. The molecule has 146 valence electrons. The van der Waals surface area contributed by atoms with Gasteiger partial charge in [-0.05, 0) is 31.5 Å². The zero-order valence-electron chi connectivity index (χ0n) is 15.1. The Hall–Kier alpha value is -2.87. The van der Waals surface area contributed by atoms with Crippen molar-refractivity contribution in [3.63, 3.8) is 0 Å². The van der Waals surface area contributed by atoms with E-state index in [9.17, 15) is 18.0 Å². The van der Waals surface area contributed by atoms with Crippen molar-refractivity contribution in [1.82, 2.24) is 10.3 Å². The summed E-state index contributed by atoms with van der Waals surface area (Å²) in [6, 6.07) is 4.56. The maximum absolute atomic E-state index is 14.3. The molecular weight excluding hydrogens is 395 g/mol. The van der Waals surface area contributed by atoms with Gasteiger partial charge in [0.1, 0.15) is 22.9 Å². The molecule has 1 aliphatic rings. The van der Waals surface area contributed by atoms with Crippen molar-refractivity contribution in [3.8, 4) is 0 Å². The predicted octanol–water partition coefficient (Wildman–Crippen LogP) is 3.86. The number of hydrogen-bond acceptors (Lipinski definition) is 5. The van der Waals surface area contributed by atoms with E-state index in [1.807, 2.05) is 0 Å². The molecule has 2 aromatic rings. The molecule has 0 saturated carbocycles. The molecule has 9 heteroatoms. The van der Waals surface area contributed by atoms with E-state index in [-0.39, 0.29) is 22.1 Å². The van der Waals surface area contributed by atoms with E-state index in [0.717, 1.165) is 12.3 Å². The maximum atomic E-state index is 14.3. The van der Waals surface area contributed by atoms with Crippen LogP contribution in [-0.4, -0.2) is 23.9 Å². The van der Waals surface area contributed by atoms with Crippen LogP contribution in [0.15, 0.2) is 46.7 Å². The molecule has 0 amide bonds. The van der Waals surface area contributed by atoms with Gasteiger partial charge in [-0.15, -0.1) is 0 Å². The number of carbonyl (C=O) groups is 1. The Balaban J connectivity index is 2.24. The van der Waals surface area contributed by atoms with Crippen molar-refractivity contribution in [1.29, 1.82) is 0 Å². The molecule has 1 unspecified atom stereocenters. The van der Waals surface area contributed by atoms with Crippen LogP contribution in [0.5, 0.6) is 0 Å².